The van der Waals surface area contributed by atoms with Crippen LogP contribution in [0.2, 0.25) is 0 Å². The second-order valence-electron chi connectivity index (χ2n) is 4.28. The Kier molecular flexibility index (Phi) is 4.19. The van der Waals surface area contributed by atoms with E-state index in [0.29, 0.717) is 12.5 Å². The molecule has 1 aromatic carbocycles. The van der Waals surface area contributed by atoms with Crippen LogP contribution in [-0.2, 0) is 4.74 Å². The summed E-state index contributed by atoms with van der Waals surface area (Å²) in [6.07, 6.45) is 2.17. The fraction of sp³-hybridized carbons (Fsp3) is 0.462. The number of carbonyl (C=O) groups excluding carboxylic acids is 1. The number of benzene rings is 1. The van der Waals surface area contributed by atoms with Crippen molar-refractivity contribution in [3.8, 4) is 11.5 Å². The molecule has 6 heteroatoms. The van der Waals surface area contributed by atoms with Crippen molar-refractivity contribution in [1.82, 2.24) is 0 Å². The molecule has 1 aromatic rings. The third-order valence-corrected chi connectivity index (χ3v) is 2.76. The SMILES string of the molecule is COC(=O)c1ccc(OC(F)F)cc1OCC1CC1. The van der Waals surface area contributed by atoms with E-state index >= 15 is 0 Å². The molecule has 4 nitrogen and oxygen atoms in total. The van der Waals surface area contributed by atoms with Crippen LogP contribution in [0.15, 0.2) is 18.2 Å². The molecule has 1 aliphatic carbocycles. The van der Waals surface area contributed by atoms with Gasteiger partial charge in [-0.05, 0) is 30.9 Å². The van der Waals surface area contributed by atoms with Crippen molar-refractivity contribution < 1.29 is 27.8 Å². The lowest BCUT2D eigenvalue weighted by Gasteiger charge is -2.12. The Morgan fingerprint density at radius 2 is 2.16 bits per heavy atom. The van der Waals surface area contributed by atoms with Crippen LogP contribution in [-0.4, -0.2) is 26.3 Å². The van der Waals surface area contributed by atoms with Gasteiger partial charge in [0, 0.05) is 6.07 Å². The number of hydrogen-bond donors (Lipinski definition) is 0. The molecular weight excluding hydrogens is 258 g/mol. The summed E-state index contributed by atoms with van der Waals surface area (Å²) in [6, 6.07) is 3.91. The Labute approximate surface area is 109 Å². The number of methoxy groups -OCH3 is 1. The maximum atomic E-state index is 12.1. The van der Waals surface area contributed by atoms with Crippen LogP contribution < -0.4 is 9.47 Å². The fourth-order valence-electron chi connectivity index (χ4n) is 1.57. The number of esters is 1. The quantitative estimate of drug-likeness (QED) is 0.747. The molecule has 0 radical (unpaired) electrons. The van der Waals surface area contributed by atoms with Gasteiger partial charge in [0.25, 0.3) is 0 Å². The molecule has 0 N–H and O–H groups in total. The van der Waals surface area contributed by atoms with Crippen LogP contribution in [0.25, 0.3) is 0 Å². The Morgan fingerprint density at radius 3 is 2.74 bits per heavy atom. The number of rotatable bonds is 6. The Hall–Kier alpha value is -1.85. The van der Waals surface area contributed by atoms with Crippen LogP contribution in [0.1, 0.15) is 23.2 Å². The molecule has 0 heterocycles. The summed E-state index contributed by atoms with van der Waals surface area (Å²) in [5.41, 5.74) is 0.199. The number of carbonyl (C=O) groups is 1. The summed E-state index contributed by atoms with van der Waals surface area (Å²) in [4.78, 5) is 11.5. The van der Waals surface area contributed by atoms with Gasteiger partial charge in [0.2, 0.25) is 0 Å². The van der Waals surface area contributed by atoms with Crippen molar-refractivity contribution in [2.75, 3.05) is 13.7 Å². The fourth-order valence-corrected chi connectivity index (χ4v) is 1.57. The maximum Gasteiger partial charge on any atom is 0.387 e. The molecule has 1 aliphatic rings. The lowest BCUT2D eigenvalue weighted by atomic mass is 10.2. The van der Waals surface area contributed by atoms with Crippen molar-refractivity contribution >= 4 is 5.97 Å². The summed E-state index contributed by atoms with van der Waals surface area (Å²) >= 11 is 0. The lowest BCUT2D eigenvalue weighted by molar-refractivity contribution is -0.0499. The number of hydrogen-bond acceptors (Lipinski definition) is 4. The minimum Gasteiger partial charge on any atom is -0.492 e. The predicted octanol–water partition coefficient (Wildman–Crippen LogP) is 2.86. The van der Waals surface area contributed by atoms with Gasteiger partial charge < -0.3 is 14.2 Å². The number of ether oxygens (including phenoxy) is 3. The molecule has 0 aromatic heterocycles. The Bertz CT molecular complexity index is 458. The van der Waals surface area contributed by atoms with E-state index in [1.54, 1.807) is 0 Å². The first-order valence-corrected chi connectivity index (χ1v) is 5.90. The van der Waals surface area contributed by atoms with Crippen LogP contribution in [0, 0.1) is 5.92 Å². The molecular formula is C13H14F2O4. The van der Waals surface area contributed by atoms with Gasteiger partial charge in [-0.1, -0.05) is 0 Å². The van der Waals surface area contributed by atoms with Crippen LogP contribution in [0.4, 0.5) is 8.78 Å². The molecule has 1 fully saturated rings. The average molecular weight is 272 g/mol. The van der Waals surface area contributed by atoms with Gasteiger partial charge in [0.05, 0.1) is 13.7 Å². The smallest absolute Gasteiger partial charge is 0.387 e. The van der Waals surface area contributed by atoms with E-state index in [2.05, 4.69) is 9.47 Å². The molecule has 19 heavy (non-hydrogen) atoms. The summed E-state index contributed by atoms with van der Waals surface area (Å²) in [7, 11) is 1.25. The number of halogens is 2. The third-order valence-electron chi connectivity index (χ3n) is 2.76. The summed E-state index contributed by atoms with van der Waals surface area (Å²) < 4.78 is 38.7. The van der Waals surface area contributed by atoms with Crippen molar-refractivity contribution in [2.24, 2.45) is 5.92 Å². The standard InChI is InChI=1S/C13H14F2O4/c1-17-12(16)10-5-4-9(19-13(14)15)6-11(10)18-7-8-2-3-8/h4-6,8,13H,2-3,7H2,1H3. The normalized spacial score (nSPS) is 14.3. The Balaban J connectivity index is 2.17. The first-order valence-electron chi connectivity index (χ1n) is 5.90. The van der Waals surface area contributed by atoms with Gasteiger partial charge in [0.1, 0.15) is 17.1 Å². The Morgan fingerprint density at radius 1 is 1.42 bits per heavy atom. The van der Waals surface area contributed by atoms with E-state index in [1.165, 1.54) is 25.3 Å². The van der Waals surface area contributed by atoms with E-state index < -0.39 is 12.6 Å². The second-order valence-corrected chi connectivity index (χ2v) is 4.28. The maximum absolute atomic E-state index is 12.1. The molecule has 0 amide bonds. The molecule has 2 rings (SSSR count). The number of alkyl halides is 2. The van der Waals surface area contributed by atoms with Gasteiger partial charge in [-0.2, -0.15) is 8.78 Å². The third kappa shape index (κ3) is 3.81. The van der Waals surface area contributed by atoms with E-state index in [1.807, 2.05) is 0 Å². The summed E-state index contributed by atoms with van der Waals surface area (Å²) in [5, 5.41) is 0. The van der Waals surface area contributed by atoms with Gasteiger partial charge in [-0.25, -0.2) is 4.79 Å². The van der Waals surface area contributed by atoms with E-state index in [4.69, 9.17) is 4.74 Å². The molecule has 0 bridgehead atoms. The largest absolute Gasteiger partial charge is 0.492 e. The van der Waals surface area contributed by atoms with Gasteiger partial charge in [0.15, 0.2) is 0 Å². The first kappa shape index (κ1) is 13.6. The van der Waals surface area contributed by atoms with Crippen LogP contribution >= 0.6 is 0 Å². The van der Waals surface area contributed by atoms with Gasteiger partial charge >= 0.3 is 12.6 Å². The zero-order valence-corrected chi connectivity index (χ0v) is 10.4. The highest BCUT2D eigenvalue weighted by Crippen LogP contribution is 2.32. The van der Waals surface area contributed by atoms with Gasteiger partial charge in [-0.3, -0.25) is 0 Å². The molecule has 0 aliphatic heterocycles. The van der Waals surface area contributed by atoms with Crippen LogP contribution in [0.5, 0.6) is 11.5 Å². The highest BCUT2D eigenvalue weighted by Gasteiger charge is 2.23. The molecule has 104 valence electrons. The van der Waals surface area contributed by atoms with Crippen molar-refractivity contribution in [3.05, 3.63) is 23.8 Å². The van der Waals surface area contributed by atoms with E-state index in [0.717, 1.165) is 12.8 Å². The van der Waals surface area contributed by atoms with Crippen molar-refractivity contribution in [1.29, 1.82) is 0 Å². The minimum absolute atomic E-state index is 0.0477. The predicted molar refractivity (Wildman–Crippen MR) is 62.6 cm³/mol. The molecule has 0 saturated heterocycles. The second kappa shape index (κ2) is 5.86. The topological polar surface area (TPSA) is 44.8 Å². The summed E-state index contributed by atoms with van der Waals surface area (Å²) in [6.45, 7) is -2.46. The van der Waals surface area contributed by atoms with Gasteiger partial charge in [-0.15, -0.1) is 0 Å². The highest BCUT2D eigenvalue weighted by molar-refractivity contribution is 5.92. The molecule has 0 atom stereocenters. The van der Waals surface area contributed by atoms with E-state index in [9.17, 15) is 13.6 Å². The molecule has 1 saturated carbocycles. The molecule has 0 unspecified atom stereocenters. The van der Waals surface area contributed by atoms with Crippen molar-refractivity contribution in [2.45, 2.75) is 19.5 Å². The zero-order chi connectivity index (χ0) is 13.8. The molecule has 0 spiro atoms. The van der Waals surface area contributed by atoms with Crippen molar-refractivity contribution in [3.63, 3.8) is 0 Å². The minimum atomic E-state index is -2.92. The first-order chi connectivity index (χ1) is 9.10. The van der Waals surface area contributed by atoms with E-state index in [-0.39, 0.29) is 17.1 Å². The van der Waals surface area contributed by atoms with Crippen LogP contribution in [0.3, 0.4) is 0 Å². The zero-order valence-electron chi connectivity index (χ0n) is 10.4. The average Bonchev–Trinajstić information content (AvgIpc) is 3.19. The lowest BCUT2D eigenvalue weighted by Crippen LogP contribution is -2.09. The monoisotopic (exact) mass is 272 g/mol. The highest BCUT2D eigenvalue weighted by atomic mass is 19.3. The summed E-state index contributed by atoms with van der Waals surface area (Å²) in [5.74, 6) is 0.0601.